The van der Waals surface area contributed by atoms with Crippen molar-refractivity contribution in [2.45, 2.75) is 6.92 Å². The molecule has 0 spiro atoms. The molecule has 0 unspecified atom stereocenters. The van der Waals surface area contributed by atoms with Gasteiger partial charge in [0.1, 0.15) is 0 Å². The SMILES string of the molecule is CC(=O)C(=O)N1CCN(C)CC1. The Labute approximate surface area is 72.1 Å². The largest absolute Gasteiger partial charge is 0.334 e. The van der Waals surface area contributed by atoms with Gasteiger partial charge in [-0.1, -0.05) is 0 Å². The van der Waals surface area contributed by atoms with Crippen molar-refractivity contribution in [3.63, 3.8) is 0 Å². The lowest BCUT2D eigenvalue weighted by atomic mass is 10.3. The predicted molar refractivity (Wildman–Crippen MR) is 44.8 cm³/mol. The maximum absolute atomic E-state index is 11.2. The molecule has 0 saturated carbocycles. The van der Waals surface area contributed by atoms with Crippen LogP contribution in [0.15, 0.2) is 0 Å². The second kappa shape index (κ2) is 3.67. The summed E-state index contributed by atoms with van der Waals surface area (Å²) in [5.41, 5.74) is 0. The summed E-state index contributed by atoms with van der Waals surface area (Å²) >= 11 is 0. The maximum atomic E-state index is 11.2. The Morgan fingerprint density at radius 2 is 1.58 bits per heavy atom. The summed E-state index contributed by atoms with van der Waals surface area (Å²) in [6.07, 6.45) is 0. The zero-order valence-corrected chi connectivity index (χ0v) is 7.54. The van der Waals surface area contributed by atoms with Gasteiger partial charge in [0.25, 0.3) is 5.91 Å². The van der Waals surface area contributed by atoms with E-state index in [0.29, 0.717) is 13.1 Å². The van der Waals surface area contributed by atoms with Crippen LogP contribution in [0.4, 0.5) is 0 Å². The van der Waals surface area contributed by atoms with Gasteiger partial charge in [0.15, 0.2) is 0 Å². The summed E-state index contributed by atoms with van der Waals surface area (Å²) < 4.78 is 0. The van der Waals surface area contributed by atoms with Crippen molar-refractivity contribution in [1.29, 1.82) is 0 Å². The van der Waals surface area contributed by atoms with Gasteiger partial charge in [0.2, 0.25) is 5.78 Å². The Morgan fingerprint density at radius 1 is 1.08 bits per heavy atom. The van der Waals surface area contributed by atoms with Crippen molar-refractivity contribution in [1.82, 2.24) is 9.80 Å². The van der Waals surface area contributed by atoms with Crippen LogP contribution in [0, 0.1) is 0 Å². The molecule has 0 N–H and O–H groups in total. The van der Waals surface area contributed by atoms with E-state index in [1.54, 1.807) is 4.90 Å². The van der Waals surface area contributed by atoms with Gasteiger partial charge in [-0.15, -0.1) is 0 Å². The molecule has 0 atom stereocenters. The van der Waals surface area contributed by atoms with E-state index in [4.69, 9.17) is 0 Å². The number of hydrogen-bond donors (Lipinski definition) is 0. The minimum absolute atomic E-state index is 0.344. The molecule has 1 aliphatic heterocycles. The lowest BCUT2D eigenvalue weighted by Crippen LogP contribution is -2.48. The zero-order valence-electron chi connectivity index (χ0n) is 7.54. The number of piperazine rings is 1. The van der Waals surface area contributed by atoms with Crippen LogP contribution >= 0.6 is 0 Å². The second-order valence-electron chi connectivity index (χ2n) is 3.15. The molecule has 0 aromatic carbocycles. The molecule has 1 fully saturated rings. The fraction of sp³-hybridized carbons (Fsp3) is 0.750. The number of Topliss-reactive ketones (excluding diaryl/α,β-unsaturated/α-hetero) is 1. The Hall–Kier alpha value is -0.900. The van der Waals surface area contributed by atoms with Gasteiger partial charge in [-0.2, -0.15) is 0 Å². The van der Waals surface area contributed by atoms with Gasteiger partial charge in [-0.25, -0.2) is 0 Å². The van der Waals surface area contributed by atoms with Gasteiger partial charge < -0.3 is 9.80 Å². The van der Waals surface area contributed by atoms with Crippen LogP contribution in [0.1, 0.15) is 6.92 Å². The van der Waals surface area contributed by atoms with E-state index in [2.05, 4.69) is 4.90 Å². The molecule has 4 nitrogen and oxygen atoms in total. The number of carbonyl (C=O) groups excluding carboxylic acids is 2. The first kappa shape index (κ1) is 9.19. The predicted octanol–water partition coefficient (Wildman–Crippen LogP) is -0.651. The molecule has 1 amide bonds. The Morgan fingerprint density at radius 3 is 2.00 bits per heavy atom. The summed E-state index contributed by atoms with van der Waals surface area (Å²) in [5.74, 6) is -0.706. The van der Waals surface area contributed by atoms with E-state index in [9.17, 15) is 9.59 Å². The van der Waals surface area contributed by atoms with E-state index in [1.165, 1.54) is 6.92 Å². The Balaban J connectivity index is 2.44. The number of likely N-dealkylation sites (N-methyl/N-ethyl adjacent to an activating group) is 1. The molecule has 1 heterocycles. The van der Waals surface area contributed by atoms with Crippen molar-refractivity contribution in [2.24, 2.45) is 0 Å². The van der Waals surface area contributed by atoms with Gasteiger partial charge in [0, 0.05) is 33.1 Å². The molecule has 1 aliphatic rings. The first-order chi connectivity index (χ1) is 5.61. The molecular weight excluding hydrogens is 156 g/mol. The molecule has 0 aromatic rings. The molecule has 0 bridgehead atoms. The first-order valence-electron chi connectivity index (χ1n) is 4.09. The Bertz CT molecular complexity index is 195. The van der Waals surface area contributed by atoms with Crippen molar-refractivity contribution in [3.05, 3.63) is 0 Å². The number of rotatable bonds is 1. The minimum Gasteiger partial charge on any atom is -0.334 e. The molecule has 0 radical (unpaired) electrons. The van der Waals surface area contributed by atoms with Gasteiger partial charge >= 0.3 is 0 Å². The van der Waals surface area contributed by atoms with Crippen LogP contribution in [0.2, 0.25) is 0 Å². The van der Waals surface area contributed by atoms with Crippen molar-refractivity contribution in [3.8, 4) is 0 Å². The molecular formula is C8H14N2O2. The third-order valence-corrected chi connectivity index (χ3v) is 2.09. The fourth-order valence-electron chi connectivity index (χ4n) is 1.23. The standard InChI is InChI=1S/C8H14N2O2/c1-7(11)8(12)10-5-3-9(2)4-6-10/h3-6H2,1-2H3. The van der Waals surface area contributed by atoms with E-state index >= 15 is 0 Å². The van der Waals surface area contributed by atoms with E-state index < -0.39 is 0 Å². The van der Waals surface area contributed by atoms with E-state index in [-0.39, 0.29) is 11.7 Å². The van der Waals surface area contributed by atoms with Gasteiger partial charge in [-0.3, -0.25) is 9.59 Å². The summed E-state index contributed by atoms with van der Waals surface area (Å²) in [6.45, 7) is 4.39. The normalized spacial score (nSPS) is 19.3. The number of ketones is 1. The molecule has 1 rings (SSSR count). The van der Waals surface area contributed by atoms with Crippen molar-refractivity contribution >= 4 is 11.7 Å². The van der Waals surface area contributed by atoms with Crippen LogP contribution in [0.3, 0.4) is 0 Å². The van der Waals surface area contributed by atoms with Crippen LogP contribution in [0.25, 0.3) is 0 Å². The summed E-state index contributed by atoms with van der Waals surface area (Å²) in [6, 6.07) is 0. The molecule has 68 valence electrons. The molecule has 4 heteroatoms. The zero-order chi connectivity index (χ0) is 9.14. The number of carbonyl (C=O) groups is 2. The molecule has 0 aliphatic carbocycles. The highest BCUT2D eigenvalue weighted by atomic mass is 16.2. The number of hydrogen-bond acceptors (Lipinski definition) is 3. The Kier molecular flexibility index (Phi) is 2.81. The van der Waals surface area contributed by atoms with Crippen LogP contribution in [0.5, 0.6) is 0 Å². The van der Waals surface area contributed by atoms with Crippen LogP contribution < -0.4 is 0 Å². The molecule has 0 aromatic heterocycles. The summed E-state index contributed by atoms with van der Waals surface area (Å²) in [4.78, 5) is 25.6. The lowest BCUT2D eigenvalue weighted by Gasteiger charge is -2.31. The highest BCUT2D eigenvalue weighted by molar-refractivity contribution is 6.35. The van der Waals surface area contributed by atoms with Crippen LogP contribution in [-0.4, -0.2) is 54.7 Å². The van der Waals surface area contributed by atoms with Crippen molar-refractivity contribution in [2.75, 3.05) is 33.2 Å². The van der Waals surface area contributed by atoms with Gasteiger partial charge in [0.05, 0.1) is 0 Å². The lowest BCUT2D eigenvalue weighted by molar-refractivity contribution is -0.144. The van der Waals surface area contributed by atoms with Crippen molar-refractivity contribution < 1.29 is 9.59 Å². The van der Waals surface area contributed by atoms with E-state index in [1.807, 2.05) is 7.05 Å². The number of nitrogens with zero attached hydrogens (tertiary/aromatic N) is 2. The van der Waals surface area contributed by atoms with E-state index in [0.717, 1.165) is 13.1 Å². The minimum atomic E-state index is -0.362. The number of amides is 1. The average molecular weight is 170 g/mol. The third kappa shape index (κ3) is 2.04. The average Bonchev–Trinajstić information content (AvgIpc) is 2.04. The van der Waals surface area contributed by atoms with Gasteiger partial charge in [-0.05, 0) is 7.05 Å². The summed E-state index contributed by atoms with van der Waals surface area (Å²) in [7, 11) is 2.01. The fourth-order valence-corrected chi connectivity index (χ4v) is 1.23. The second-order valence-corrected chi connectivity index (χ2v) is 3.15. The maximum Gasteiger partial charge on any atom is 0.289 e. The molecule has 12 heavy (non-hydrogen) atoms. The summed E-state index contributed by atoms with van der Waals surface area (Å²) in [5, 5.41) is 0. The monoisotopic (exact) mass is 170 g/mol. The van der Waals surface area contributed by atoms with Crippen LogP contribution in [-0.2, 0) is 9.59 Å². The topological polar surface area (TPSA) is 40.6 Å². The quantitative estimate of drug-likeness (QED) is 0.491. The highest BCUT2D eigenvalue weighted by Gasteiger charge is 2.21. The smallest absolute Gasteiger partial charge is 0.289 e. The highest BCUT2D eigenvalue weighted by Crippen LogP contribution is 1.99. The first-order valence-corrected chi connectivity index (χ1v) is 4.09. The third-order valence-electron chi connectivity index (χ3n) is 2.09. The molecule has 1 saturated heterocycles.